The molecule has 2 aliphatic heterocycles. The lowest BCUT2D eigenvalue weighted by atomic mass is 9.90. The molecule has 0 radical (unpaired) electrons. The number of hydrogen-bond donors (Lipinski definition) is 1. The summed E-state index contributed by atoms with van der Waals surface area (Å²) in [6, 6.07) is 2.51. The molecule has 1 atom stereocenters. The number of halogens is 2. The molecule has 1 amide bonds. The first-order valence-electron chi connectivity index (χ1n) is 6.94. The van der Waals surface area contributed by atoms with E-state index in [0.29, 0.717) is 24.9 Å². The number of fused-ring (bicyclic) bond motifs is 5. The summed E-state index contributed by atoms with van der Waals surface area (Å²) in [5, 5.41) is 0.747. The van der Waals surface area contributed by atoms with E-state index in [1.807, 2.05) is 4.90 Å². The molecule has 2 aromatic rings. The molecule has 2 aliphatic rings. The number of carbonyl (C=O) groups excluding carboxylic acids is 1. The molecule has 1 aromatic carbocycles. The maximum atomic E-state index is 13.4. The van der Waals surface area contributed by atoms with Crippen LogP contribution in [-0.4, -0.2) is 22.3 Å². The Labute approximate surface area is 114 Å². The zero-order chi connectivity index (χ0) is 13.9. The first-order chi connectivity index (χ1) is 9.65. The van der Waals surface area contributed by atoms with Gasteiger partial charge in [-0.25, -0.2) is 8.78 Å². The van der Waals surface area contributed by atoms with Crippen molar-refractivity contribution in [3.8, 4) is 0 Å². The van der Waals surface area contributed by atoms with Gasteiger partial charge in [0.05, 0.1) is 6.04 Å². The van der Waals surface area contributed by atoms with Gasteiger partial charge in [0.2, 0.25) is 5.91 Å². The van der Waals surface area contributed by atoms with Crippen LogP contribution in [0, 0.1) is 11.6 Å². The van der Waals surface area contributed by atoms with Gasteiger partial charge in [-0.1, -0.05) is 0 Å². The maximum Gasteiger partial charge on any atom is 0.223 e. The lowest BCUT2D eigenvalue weighted by Crippen LogP contribution is -2.42. The molecule has 1 aromatic heterocycles. The van der Waals surface area contributed by atoms with E-state index in [9.17, 15) is 13.6 Å². The molecule has 1 N–H and O–H groups in total. The summed E-state index contributed by atoms with van der Waals surface area (Å²) in [4.78, 5) is 17.1. The van der Waals surface area contributed by atoms with Crippen molar-refractivity contribution in [1.82, 2.24) is 9.88 Å². The fourth-order valence-corrected chi connectivity index (χ4v) is 3.55. The highest BCUT2D eigenvalue weighted by Gasteiger charge is 2.35. The predicted molar refractivity (Wildman–Crippen MR) is 70.2 cm³/mol. The molecule has 0 saturated carbocycles. The van der Waals surface area contributed by atoms with E-state index in [-0.39, 0.29) is 11.9 Å². The zero-order valence-electron chi connectivity index (χ0n) is 10.9. The second kappa shape index (κ2) is 4.04. The monoisotopic (exact) mass is 276 g/mol. The number of piperidine rings is 1. The van der Waals surface area contributed by atoms with Crippen LogP contribution in [0.2, 0.25) is 0 Å². The minimum absolute atomic E-state index is 0.0403. The lowest BCUT2D eigenvalue weighted by molar-refractivity contribution is -0.137. The van der Waals surface area contributed by atoms with Gasteiger partial charge in [-0.05, 0) is 30.9 Å². The number of hydrogen-bond acceptors (Lipinski definition) is 1. The molecule has 0 aliphatic carbocycles. The topological polar surface area (TPSA) is 36.1 Å². The number of benzene rings is 1. The highest BCUT2D eigenvalue weighted by Crippen LogP contribution is 2.40. The Morgan fingerprint density at radius 3 is 2.85 bits per heavy atom. The average Bonchev–Trinajstić information content (AvgIpc) is 2.78. The molecule has 1 fully saturated rings. The number of rotatable bonds is 0. The van der Waals surface area contributed by atoms with Crippen LogP contribution in [0.25, 0.3) is 10.9 Å². The summed E-state index contributed by atoms with van der Waals surface area (Å²) >= 11 is 0. The molecule has 0 spiro atoms. The van der Waals surface area contributed by atoms with Crippen molar-refractivity contribution < 1.29 is 13.6 Å². The molecular formula is C15H14F2N2O. The van der Waals surface area contributed by atoms with E-state index in [0.717, 1.165) is 29.5 Å². The SMILES string of the molecule is O=C1CCCC2c3[nH]c4cc(F)c(F)cc4c3CCN12. The number of nitrogens with one attached hydrogen (secondary N) is 1. The van der Waals surface area contributed by atoms with Crippen LogP contribution >= 0.6 is 0 Å². The Kier molecular flexibility index (Phi) is 2.40. The van der Waals surface area contributed by atoms with E-state index in [2.05, 4.69) is 4.98 Å². The standard InChI is InChI=1S/C15H14F2N2O/c16-10-6-9-8-4-5-19-13(2-1-3-14(19)20)15(8)18-12(9)7-11(10)17/h6-7,13,18H,1-5H2. The van der Waals surface area contributed by atoms with Crippen LogP contribution in [-0.2, 0) is 11.2 Å². The first-order valence-corrected chi connectivity index (χ1v) is 6.94. The number of nitrogens with zero attached hydrogens (tertiary/aromatic N) is 1. The largest absolute Gasteiger partial charge is 0.356 e. The van der Waals surface area contributed by atoms with Gasteiger partial charge in [-0.3, -0.25) is 4.79 Å². The molecule has 3 heterocycles. The van der Waals surface area contributed by atoms with Crippen molar-refractivity contribution in [2.24, 2.45) is 0 Å². The smallest absolute Gasteiger partial charge is 0.223 e. The fraction of sp³-hybridized carbons (Fsp3) is 0.400. The molecule has 104 valence electrons. The van der Waals surface area contributed by atoms with Crippen LogP contribution in [0.15, 0.2) is 12.1 Å². The molecule has 0 bridgehead atoms. The Hall–Kier alpha value is -1.91. The van der Waals surface area contributed by atoms with Crippen molar-refractivity contribution in [2.45, 2.75) is 31.7 Å². The van der Waals surface area contributed by atoms with Crippen LogP contribution < -0.4 is 0 Å². The molecule has 4 rings (SSSR count). The van der Waals surface area contributed by atoms with E-state index in [4.69, 9.17) is 0 Å². The van der Waals surface area contributed by atoms with Crippen LogP contribution in [0.4, 0.5) is 8.78 Å². The second-order valence-electron chi connectivity index (χ2n) is 5.57. The fourth-order valence-electron chi connectivity index (χ4n) is 3.55. The third kappa shape index (κ3) is 1.52. The summed E-state index contributed by atoms with van der Waals surface area (Å²) in [6.07, 6.45) is 3.09. The van der Waals surface area contributed by atoms with Gasteiger partial charge in [-0.2, -0.15) is 0 Å². The van der Waals surface area contributed by atoms with Crippen LogP contribution in [0.3, 0.4) is 0 Å². The van der Waals surface area contributed by atoms with Crippen molar-refractivity contribution in [3.63, 3.8) is 0 Å². The Morgan fingerprint density at radius 2 is 2.00 bits per heavy atom. The van der Waals surface area contributed by atoms with Gasteiger partial charge in [0.25, 0.3) is 0 Å². The van der Waals surface area contributed by atoms with E-state index < -0.39 is 11.6 Å². The third-order valence-electron chi connectivity index (χ3n) is 4.48. The highest BCUT2D eigenvalue weighted by atomic mass is 19.2. The third-order valence-corrected chi connectivity index (χ3v) is 4.48. The molecular weight excluding hydrogens is 262 g/mol. The number of aromatic nitrogens is 1. The normalized spacial score (nSPS) is 22.0. The minimum atomic E-state index is -0.840. The number of carbonyl (C=O) groups is 1. The van der Waals surface area contributed by atoms with Gasteiger partial charge < -0.3 is 9.88 Å². The van der Waals surface area contributed by atoms with E-state index >= 15 is 0 Å². The Morgan fingerprint density at radius 1 is 1.20 bits per heavy atom. The van der Waals surface area contributed by atoms with Gasteiger partial charge >= 0.3 is 0 Å². The highest BCUT2D eigenvalue weighted by molar-refractivity contribution is 5.86. The second-order valence-corrected chi connectivity index (χ2v) is 5.57. The molecule has 20 heavy (non-hydrogen) atoms. The first kappa shape index (κ1) is 11.9. The zero-order valence-corrected chi connectivity index (χ0v) is 10.9. The van der Waals surface area contributed by atoms with Gasteiger partial charge in [0.1, 0.15) is 0 Å². The van der Waals surface area contributed by atoms with Gasteiger partial charge in [0, 0.05) is 35.6 Å². The van der Waals surface area contributed by atoms with Crippen molar-refractivity contribution in [1.29, 1.82) is 0 Å². The quantitative estimate of drug-likeness (QED) is 0.788. The molecule has 3 nitrogen and oxygen atoms in total. The minimum Gasteiger partial charge on any atom is -0.356 e. The molecule has 5 heteroatoms. The maximum absolute atomic E-state index is 13.4. The van der Waals surface area contributed by atoms with Crippen molar-refractivity contribution in [3.05, 3.63) is 35.0 Å². The van der Waals surface area contributed by atoms with E-state index in [1.165, 1.54) is 12.1 Å². The summed E-state index contributed by atoms with van der Waals surface area (Å²) in [5.41, 5.74) is 2.62. The Balaban J connectivity index is 1.90. The van der Waals surface area contributed by atoms with Crippen LogP contribution in [0.1, 0.15) is 36.6 Å². The number of aromatic amines is 1. The van der Waals surface area contributed by atoms with Crippen molar-refractivity contribution in [2.75, 3.05) is 6.54 Å². The van der Waals surface area contributed by atoms with Crippen molar-refractivity contribution >= 4 is 16.8 Å². The number of H-pyrrole nitrogens is 1. The summed E-state index contributed by atoms with van der Waals surface area (Å²) in [6.45, 7) is 0.669. The summed E-state index contributed by atoms with van der Waals surface area (Å²) in [7, 11) is 0. The predicted octanol–water partition coefficient (Wildman–Crippen LogP) is 3.06. The average molecular weight is 276 g/mol. The summed E-state index contributed by atoms with van der Waals surface area (Å²) < 4.78 is 26.8. The lowest BCUT2D eigenvalue weighted by Gasteiger charge is -2.39. The van der Waals surface area contributed by atoms with Gasteiger partial charge in [-0.15, -0.1) is 0 Å². The van der Waals surface area contributed by atoms with Gasteiger partial charge in [0.15, 0.2) is 11.6 Å². The molecule has 1 saturated heterocycles. The van der Waals surface area contributed by atoms with E-state index in [1.54, 1.807) is 0 Å². The summed E-state index contributed by atoms with van der Waals surface area (Å²) in [5.74, 6) is -1.47. The van der Waals surface area contributed by atoms with Crippen LogP contribution in [0.5, 0.6) is 0 Å². The number of amides is 1. The Bertz CT molecular complexity index is 722. The molecule has 1 unspecified atom stereocenters.